The van der Waals surface area contributed by atoms with E-state index in [9.17, 15) is 18.0 Å². The first-order chi connectivity index (χ1) is 17.6. The Bertz CT molecular complexity index is 1380. The SMILES string of the molecule is Cc1cc(NC(=O)c2cccc(COc3ccc(C(C)C)cc3)c2)nn1Cc1cccc(C(F)(F)F)c1. The number of nitrogens with zero attached hydrogens (tertiary/aromatic N) is 2. The van der Waals surface area contributed by atoms with Gasteiger partial charge in [-0.3, -0.25) is 9.48 Å². The van der Waals surface area contributed by atoms with Crippen molar-refractivity contribution in [2.45, 2.75) is 46.0 Å². The minimum atomic E-state index is -4.41. The van der Waals surface area contributed by atoms with Crippen molar-refractivity contribution in [3.63, 3.8) is 0 Å². The molecule has 1 amide bonds. The molecule has 0 aliphatic rings. The Labute approximate surface area is 213 Å². The molecular weight excluding hydrogens is 479 g/mol. The summed E-state index contributed by atoms with van der Waals surface area (Å²) in [5.74, 6) is 1.18. The molecule has 1 heterocycles. The summed E-state index contributed by atoms with van der Waals surface area (Å²) < 4.78 is 46.5. The van der Waals surface area contributed by atoms with Gasteiger partial charge in [0.25, 0.3) is 5.91 Å². The van der Waals surface area contributed by atoms with Crippen LogP contribution in [0.15, 0.2) is 78.9 Å². The van der Waals surface area contributed by atoms with Crippen molar-refractivity contribution in [1.82, 2.24) is 9.78 Å². The van der Waals surface area contributed by atoms with E-state index in [1.807, 2.05) is 30.3 Å². The Kier molecular flexibility index (Phi) is 7.66. The van der Waals surface area contributed by atoms with Crippen molar-refractivity contribution in [2.24, 2.45) is 0 Å². The third-order valence-corrected chi connectivity index (χ3v) is 5.95. The van der Waals surface area contributed by atoms with E-state index in [0.29, 0.717) is 35.2 Å². The van der Waals surface area contributed by atoms with Crippen molar-refractivity contribution >= 4 is 11.7 Å². The molecule has 0 aliphatic carbocycles. The third kappa shape index (κ3) is 6.78. The zero-order valence-electron chi connectivity index (χ0n) is 20.8. The van der Waals surface area contributed by atoms with Gasteiger partial charge in [-0.05, 0) is 65.9 Å². The molecule has 0 atom stereocenters. The van der Waals surface area contributed by atoms with Crippen LogP contribution in [0.25, 0.3) is 0 Å². The molecule has 192 valence electrons. The van der Waals surface area contributed by atoms with Gasteiger partial charge in [0.05, 0.1) is 12.1 Å². The summed E-state index contributed by atoms with van der Waals surface area (Å²) in [5, 5.41) is 7.13. The zero-order valence-corrected chi connectivity index (χ0v) is 20.8. The fourth-order valence-electron chi connectivity index (χ4n) is 3.86. The maximum Gasteiger partial charge on any atom is 0.416 e. The lowest BCUT2D eigenvalue weighted by molar-refractivity contribution is -0.137. The molecule has 8 heteroatoms. The molecule has 0 saturated heterocycles. The first kappa shape index (κ1) is 26.0. The zero-order chi connectivity index (χ0) is 26.6. The lowest BCUT2D eigenvalue weighted by Crippen LogP contribution is -2.13. The van der Waals surface area contributed by atoms with Crippen molar-refractivity contribution in [1.29, 1.82) is 0 Å². The number of carbonyl (C=O) groups excluding carboxylic acids is 1. The average Bonchev–Trinajstić information content (AvgIpc) is 3.20. The number of rotatable bonds is 8. The lowest BCUT2D eigenvalue weighted by Gasteiger charge is -2.10. The fourth-order valence-corrected chi connectivity index (χ4v) is 3.86. The number of halogens is 3. The third-order valence-electron chi connectivity index (χ3n) is 5.95. The van der Waals surface area contributed by atoms with Crippen LogP contribution in [-0.4, -0.2) is 15.7 Å². The first-order valence-electron chi connectivity index (χ1n) is 11.9. The van der Waals surface area contributed by atoms with Crippen LogP contribution in [0.3, 0.4) is 0 Å². The van der Waals surface area contributed by atoms with Crippen LogP contribution in [0.5, 0.6) is 5.75 Å². The number of amides is 1. The molecule has 0 spiro atoms. The van der Waals surface area contributed by atoms with Crippen LogP contribution in [-0.2, 0) is 19.3 Å². The monoisotopic (exact) mass is 507 g/mol. The van der Waals surface area contributed by atoms with Crippen LogP contribution < -0.4 is 10.1 Å². The summed E-state index contributed by atoms with van der Waals surface area (Å²) in [4.78, 5) is 12.8. The molecule has 0 unspecified atom stereocenters. The summed E-state index contributed by atoms with van der Waals surface area (Å²) in [6, 6.07) is 21.9. The Balaban J connectivity index is 1.39. The van der Waals surface area contributed by atoms with Crippen molar-refractivity contribution < 1.29 is 22.7 Å². The van der Waals surface area contributed by atoms with E-state index in [-0.39, 0.29) is 12.5 Å². The van der Waals surface area contributed by atoms with Crippen LogP contribution in [0, 0.1) is 6.92 Å². The largest absolute Gasteiger partial charge is 0.489 e. The smallest absolute Gasteiger partial charge is 0.416 e. The summed E-state index contributed by atoms with van der Waals surface area (Å²) >= 11 is 0. The van der Waals surface area contributed by atoms with Crippen LogP contribution in [0.4, 0.5) is 19.0 Å². The molecule has 5 nitrogen and oxygen atoms in total. The van der Waals surface area contributed by atoms with Crippen molar-refractivity contribution in [3.05, 3.63) is 112 Å². The number of anilines is 1. The van der Waals surface area contributed by atoms with Gasteiger partial charge >= 0.3 is 6.18 Å². The second-order valence-electron chi connectivity index (χ2n) is 9.19. The van der Waals surface area contributed by atoms with Gasteiger partial charge in [0.1, 0.15) is 12.4 Å². The highest BCUT2D eigenvalue weighted by Crippen LogP contribution is 2.30. The first-order valence-corrected chi connectivity index (χ1v) is 11.9. The predicted molar refractivity (Wildman–Crippen MR) is 137 cm³/mol. The Morgan fingerprint density at radius 3 is 2.38 bits per heavy atom. The van der Waals surface area contributed by atoms with Gasteiger partial charge in [0.15, 0.2) is 5.82 Å². The number of benzene rings is 3. The second-order valence-corrected chi connectivity index (χ2v) is 9.19. The summed E-state index contributed by atoms with van der Waals surface area (Å²) in [7, 11) is 0. The van der Waals surface area contributed by atoms with E-state index in [1.165, 1.54) is 11.6 Å². The number of carbonyl (C=O) groups is 1. The molecule has 0 saturated carbocycles. The number of hydrogen-bond acceptors (Lipinski definition) is 3. The molecule has 4 aromatic rings. The van der Waals surface area contributed by atoms with Gasteiger partial charge in [0, 0.05) is 17.3 Å². The number of hydrogen-bond donors (Lipinski definition) is 1. The molecule has 0 radical (unpaired) electrons. The minimum absolute atomic E-state index is 0.149. The Morgan fingerprint density at radius 1 is 0.973 bits per heavy atom. The molecule has 3 aromatic carbocycles. The van der Waals surface area contributed by atoms with E-state index in [4.69, 9.17) is 4.74 Å². The van der Waals surface area contributed by atoms with Crippen molar-refractivity contribution in [3.8, 4) is 5.75 Å². The molecular formula is C29H28F3N3O2. The maximum atomic E-state index is 13.0. The van der Waals surface area contributed by atoms with Gasteiger partial charge in [-0.2, -0.15) is 18.3 Å². The topological polar surface area (TPSA) is 56.1 Å². The van der Waals surface area contributed by atoms with E-state index < -0.39 is 11.7 Å². The quantitative estimate of drug-likeness (QED) is 0.274. The lowest BCUT2D eigenvalue weighted by atomic mass is 10.0. The Hall–Kier alpha value is -4.07. The molecule has 0 fully saturated rings. The van der Waals surface area contributed by atoms with Gasteiger partial charge in [-0.15, -0.1) is 0 Å². The number of nitrogens with one attached hydrogen (secondary N) is 1. The molecule has 0 bridgehead atoms. The summed E-state index contributed by atoms with van der Waals surface area (Å²) in [6.07, 6.45) is -4.41. The van der Waals surface area contributed by atoms with Gasteiger partial charge in [-0.1, -0.05) is 50.2 Å². The maximum absolute atomic E-state index is 13.0. The molecule has 4 rings (SSSR count). The number of aromatic nitrogens is 2. The predicted octanol–water partition coefficient (Wildman–Crippen LogP) is 7.21. The summed E-state index contributed by atoms with van der Waals surface area (Å²) in [6.45, 7) is 6.51. The Morgan fingerprint density at radius 2 is 1.68 bits per heavy atom. The van der Waals surface area contributed by atoms with E-state index in [2.05, 4.69) is 24.3 Å². The van der Waals surface area contributed by atoms with Crippen molar-refractivity contribution in [2.75, 3.05) is 5.32 Å². The normalized spacial score (nSPS) is 11.5. The van der Waals surface area contributed by atoms with Crippen LogP contribution >= 0.6 is 0 Å². The molecule has 1 N–H and O–H groups in total. The molecule has 1 aromatic heterocycles. The fraction of sp³-hybridized carbons (Fsp3) is 0.241. The minimum Gasteiger partial charge on any atom is -0.489 e. The number of ether oxygens (including phenoxy) is 1. The molecule has 37 heavy (non-hydrogen) atoms. The van der Waals surface area contributed by atoms with Crippen LogP contribution in [0.2, 0.25) is 0 Å². The van der Waals surface area contributed by atoms with E-state index >= 15 is 0 Å². The van der Waals surface area contributed by atoms with Crippen LogP contribution in [0.1, 0.15) is 58.1 Å². The highest BCUT2D eigenvalue weighted by Gasteiger charge is 2.30. The number of aryl methyl sites for hydroxylation is 1. The average molecular weight is 508 g/mol. The van der Waals surface area contributed by atoms with Gasteiger partial charge in [-0.25, -0.2) is 0 Å². The van der Waals surface area contributed by atoms with Gasteiger partial charge < -0.3 is 10.1 Å². The highest BCUT2D eigenvalue weighted by molar-refractivity contribution is 6.03. The second kappa shape index (κ2) is 10.9. The summed E-state index contributed by atoms with van der Waals surface area (Å²) in [5.41, 5.74) is 2.98. The number of alkyl halides is 3. The van der Waals surface area contributed by atoms with Gasteiger partial charge in [0.2, 0.25) is 0 Å². The van der Waals surface area contributed by atoms with E-state index in [0.717, 1.165) is 23.4 Å². The molecule has 0 aliphatic heterocycles. The van der Waals surface area contributed by atoms with E-state index in [1.54, 1.807) is 41.9 Å². The standard InChI is InChI=1S/C29H28F3N3O2/c1-19(2)23-10-12-26(13-11-23)37-18-22-7-4-8-24(15-22)28(36)33-27-14-20(3)35(34-27)17-21-6-5-9-25(16-21)29(30,31)32/h4-16,19H,17-18H2,1-3H3,(H,33,34,36). The highest BCUT2D eigenvalue weighted by atomic mass is 19.4.